The van der Waals surface area contributed by atoms with Crippen LogP contribution in [0.2, 0.25) is 118 Å². The fourth-order valence-corrected chi connectivity index (χ4v) is 26.3. The van der Waals surface area contributed by atoms with Gasteiger partial charge in [0.15, 0.2) is 41.6 Å². The zero-order valence-corrected chi connectivity index (χ0v) is 37.7. The number of rotatable bonds is 15. The highest BCUT2D eigenvalue weighted by atomic mass is 31.2. The number of benzene rings is 1. The van der Waals surface area contributed by atoms with Crippen LogP contribution < -0.4 is 0 Å². The molecule has 0 N–H and O–H groups in total. The average Bonchev–Trinajstić information content (AvgIpc) is 2.63. The fourth-order valence-electron chi connectivity index (χ4n) is 4.04. The van der Waals surface area contributed by atoms with Gasteiger partial charge in [-0.2, -0.15) is 0 Å². The molecule has 0 aliphatic carbocycles. The second-order valence-electron chi connectivity index (χ2n) is 16.7. The van der Waals surface area contributed by atoms with Crippen molar-refractivity contribution >= 4 is 71.1 Å². The van der Waals surface area contributed by atoms with E-state index in [1.54, 1.807) is 24.3 Å². The summed E-state index contributed by atoms with van der Waals surface area (Å²) < 4.78 is 71.8. The van der Waals surface area contributed by atoms with Gasteiger partial charge in [-0.05, 0) is 124 Å². The molecule has 1 rings (SSSR count). The van der Waals surface area contributed by atoms with Crippen molar-refractivity contribution in [2.75, 3.05) is 0 Å². The summed E-state index contributed by atoms with van der Waals surface area (Å²) in [5, 5.41) is -2.40. The van der Waals surface area contributed by atoms with E-state index in [-0.39, 0.29) is 11.1 Å². The summed E-state index contributed by atoms with van der Waals surface area (Å²) in [5.41, 5.74) is 0.153. The van der Waals surface area contributed by atoms with Crippen molar-refractivity contribution in [3.05, 3.63) is 35.4 Å². The summed E-state index contributed by atoms with van der Waals surface area (Å²) >= 11 is 0. The fraction of sp³-hybridized carbons (Fsp3) is 0.731. The number of carbonyl (C=O) groups excluding carboxylic acids is 1. The topological polar surface area (TPSA) is 107 Å². The number of hydrogen-bond donors (Lipinski definition) is 0. The Bertz CT molecular complexity index is 1140. The molecule has 0 bridgehead atoms. The minimum atomic E-state index is -4.66. The Hall–Kier alpha value is 0.251. The molecule has 0 aromatic heterocycles. The van der Waals surface area contributed by atoms with Crippen LogP contribution in [0.5, 0.6) is 0 Å². The summed E-state index contributed by atoms with van der Waals surface area (Å²) in [6, 6.07) is 6.59. The highest BCUT2D eigenvalue weighted by Crippen LogP contribution is 2.85. The van der Waals surface area contributed by atoms with Gasteiger partial charge in [-0.25, -0.2) is 4.79 Å². The molecule has 0 saturated carbocycles. The van der Waals surface area contributed by atoms with E-state index in [2.05, 4.69) is 0 Å². The lowest BCUT2D eigenvalue weighted by Crippen LogP contribution is -2.49. The maximum atomic E-state index is 16.1. The van der Waals surface area contributed by atoms with Crippen LogP contribution in [-0.2, 0) is 39.9 Å². The molecule has 0 aliphatic rings. The third-order valence-electron chi connectivity index (χ3n) is 4.66. The standard InChI is InChI=1S/C26H58O9P2Si6/c1-38(2,3)30-25(27)23-21-19-20-22-24(23)26(31-39(4,5)6,36(28,32-40(7,8)9)33-41(10,11)12)37(29,34-42(13,14)15)35-43(16,17)18/h19-22H,1-18H3. The lowest BCUT2D eigenvalue weighted by molar-refractivity contribution is 0.0717. The quantitative estimate of drug-likeness (QED) is 0.128. The molecule has 250 valence electrons. The normalized spacial score (nSPS) is 15.0. The molecule has 1 aromatic carbocycles. The average molecular weight is 745 g/mol. The Balaban J connectivity index is 4.77. The first-order valence-corrected chi connectivity index (χ1v) is 38.2. The second-order valence-corrected chi connectivity index (χ2v) is 49.0. The zero-order valence-electron chi connectivity index (χ0n) is 29.9. The van der Waals surface area contributed by atoms with Crippen molar-refractivity contribution in [3.8, 4) is 0 Å². The molecular formula is C26H58O9P2Si6. The molecule has 0 amide bonds. The maximum absolute atomic E-state index is 16.1. The Kier molecular flexibility index (Phi) is 12.9. The molecule has 0 aliphatic heterocycles. The van der Waals surface area contributed by atoms with Gasteiger partial charge in [0.1, 0.15) is 0 Å². The van der Waals surface area contributed by atoms with Crippen LogP contribution in [0, 0.1) is 0 Å². The van der Waals surface area contributed by atoms with Crippen LogP contribution in [0.3, 0.4) is 0 Å². The van der Waals surface area contributed by atoms with E-state index in [1.165, 1.54) is 0 Å². The largest absolute Gasteiger partial charge is 0.516 e. The third kappa shape index (κ3) is 12.4. The summed E-state index contributed by atoms with van der Waals surface area (Å²) in [5.74, 6) is -0.626. The predicted molar refractivity (Wildman–Crippen MR) is 194 cm³/mol. The van der Waals surface area contributed by atoms with E-state index >= 15 is 9.13 Å². The molecule has 0 unspecified atom stereocenters. The summed E-state index contributed by atoms with van der Waals surface area (Å²) in [6.07, 6.45) is 0. The first-order chi connectivity index (χ1) is 18.6. The van der Waals surface area contributed by atoms with Crippen LogP contribution in [0.25, 0.3) is 0 Å². The van der Waals surface area contributed by atoms with Crippen molar-refractivity contribution < 1.29 is 39.6 Å². The van der Waals surface area contributed by atoms with Crippen molar-refractivity contribution in [1.29, 1.82) is 0 Å². The van der Waals surface area contributed by atoms with Crippen LogP contribution in [0.15, 0.2) is 24.3 Å². The molecule has 0 saturated heterocycles. The summed E-state index contributed by atoms with van der Waals surface area (Å²) in [6.45, 7) is 34.1. The van der Waals surface area contributed by atoms with Crippen LogP contribution >= 0.6 is 15.2 Å². The first kappa shape index (κ1) is 41.3. The van der Waals surface area contributed by atoms with Crippen molar-refractivity contribution in [2.24, 2.45) is 0 Å². The van der Waals surface area contributed by atoms with Gasteiger partial charge in [0, 0.05) is 5.56 Å². The van der Waals surface area contributed by atoms with Gasteiger partial charge in [0.25, 0.3) is 5.08 Å². The van der Waals surface area contributed by atoms with Gasteiger partial charge in [-0.1, -0.05) is 18.2 Å². The Morgan fingerprint density at radius 3 is 1.14 bits per heavy atom. The van der Waals surface area contributed by atoms with Gasteiger partial charge in [0.05, 0.1) is 5.56 Å². The van der Waals surface area contributed by atoms with Crippen LogP contribution in [-0.4, -0.2) is 55.9 Å². The molecule has 0 fully saturated rings. The van der Waals surface area contributed by atoms with Gasteiger partial charge < -0.3 is 25.7 Å². The van der Waals surface area contributed by atoms with E-state index in [0.29, 0.717) is 0 Å². The summed E-state index contributed by atoms with van der Waals surface area (Å²) in [4.78, 5) is 13.9. The van der Waals surface area contributed by atoms with Gasteiger partial charge in [0.2, 0.25) is 8.32 Å². The monoisotopic (exact) mass is 744 g/mol. The Labute approximate surface area is 268 Å². The lowest BCUT2D eigenvalue weighted by Gasteiger charge is -2.50. The van der Waals surface area contributed by atoms with Crippen molar-refractivity contribution in [2.45, 2.75) is 123 Å². The van der Waals surface area contributed by atoms with Gasteiger partial charge in [-0.3, -0.25) is 9.13 Å². The molecule has 0 radical (unpaired) electrons. The highest BCUT2D eigenvalue weighted by Gasteiger charge is 2.72. The van der Waals surface area contributed by atoms with E-state index in [9.17, 15) is 4.79 Å². The Morgan fingerprint density at radius 2 is 0.860 bits per heavy atom. The van der Waals surface area contributed by atoms with Crippen LogP contribution in [0.4, 0.5) is 0 Å². The molecule has 0 spiro atoms. The second kappa shape index (κ2) is 13.4. The smallest absolute Gasteiger partial charge is 0.359 e. The molecule has 17 heteroatoms. The minimum absolute atomic E-state index is 0.0697. The van der Waals surface area contributed by atoms with Crippen molar-refractivity contribution in [1.82, 2.24) is 0 Å². The highest BCUT2D eigenvalue weighted by molar-refractivity contribution is 7.75. The van der Waals surface area contributed by atoms with E-state index in [0.717, 1.165) is 0 Å². The third-order valence-corrected chi connectivity index (χ3v) is 23.0. The Morgan fingerprint density at radius 1 is 0.535 bits per heavy atom. The van der Waals surface area contributed by atoms with E-state index < -0.39 is 76.1 Å². The zero-order chi connectivity index (χ0) is 34.3. The van der Waals surface area contributed by atoms with E-state index in [1.807, 2.05) is 118 Å². The van der Waals surface area contributed by atoms with Crippen LogP contribution in [0.1, 0.15) is 15.9 Å². The minimum Gasteiger partial charge on any atom is -0.516 e. The molecular weight excluding hydrogens is 687 g/mol. The molecule has 1 aromatic rings. The lowest BCUT2D eigenvalue weighted by atomic mass is 10.1. The predicted octanol–water partition coefficient (Wildman–Crippen LogP) is 10.4. The number of hydrogen-bond acceptors (Lipinski definition) is 9. The number of carbonyl (C=O) groups is 1. The van der Waals surface area contributed by atoms with Gasteiger partial charge in [-0.15, -0.1) is 0 Å². The van der Waals surface area contributed by atoms with Crippen molar-refractivity contribution in [3.63, 3.8) is 0 Å². The SMILES string of the molecule is C[Si](C)(C)OC(=O)c1ccccc1C(O[Si](C)(C)C)(P(=O)(O[Si](C)(C)C)O[Si](C)(C)C)P(=O)(O[Si](C)(C)C)O[Si](C)(C)C. The molecule has 9 nitrogen and oxygen atoms in total. The van der Waals surface area contributed by atoms with E-state index in [4.69, 9.17) is 25.7 Å². The molecule has 0 heterocycles. The first-order valence-electron chi connectivity index (χ1n) is 14.7. The summed E-state index contributed by atoms with van der Waals surface area (Å²) in [7, 11) is -25.5. The molecule has 43 heavy (non-hydrogen) atoms. The molecule has 0 atom stereocenters. The maximum Gasteiger partial charge on any atom is 0.359 e. The van der Waals surface area contributed by atoms with Gasteiger partial charge >= 0.3 is 21.2 Å².